The van der Waals surface area contributed by atoms with Gasteiger partial charge >= 0.3 is 0 Å². The van der Waals surface area contributed by atoms with Crippen LogP contribution in [0.15, 0.2) is 34.9 Å². The Hall–Kier alpha value is -1.13. The summed E-state index contributed by atoms with van der Waals surface area (Å²) >= 11 is 3.47. The molecule has 0 radical (unpaired) electrons. The predicted octanol–water partition coefficient (Wildman–Crippen LogP) is 3.25. The average Bonchev–Trinajstić information content (AvgIpc) is 2.78. The van der Waals surface area contributed by atoms with Crippen LogP contribution < -0.4 is 0 Å². The van der Waals surface area contributed by atoms with Crippen LogP contribution in [0.5, 0.6) is 0 Å². The molecule has 1 fully saturated rings. The van der Waals surface area contributed by atoms with Crippen LogP contribution in [0.4, 0.5) is 0 Å². The van der Waals surface area contributed by atoms with Crippen molar-refractivity contribution >= 4 is 15.9 Å². The molecule has 3 nitrogen and oxygen atoms in total. The number of hydrogen-bond acceptors (Lipinski definition) is 2. The highest BCUT2D eigenvalue weighted by atomic mass is 79.9. The summed E-state index contributed by atoms with van der Waals surface area (Å²) in [5.74, 6) is 0.922. The monoisotopic (exact) mass is 306 g/mol. The second kappa shape index (κ2) is 4.52. The highest BCUT2D eigenvalue weighted by Crippen LogP contribution is 2.42. The molecule has 3 rings (SSSR count). The largest absolute Gasteiger partial charge is 0.395 e. The molecule has 18 heavy (non-hydrogen) atoms. The van der Waals surface area contributed by atoms with Crippen molar-refractivity contribution in [3.05, 3.63) is 40.8 Å². The number of H-pyrrole nitrogens is 1. The van der Waals surface area contributed by atoms with Gasteiger partial charge in [-0.05, 0) is 25.0 Å². The van der Waals surface area contributed by atoms with E-state index in [2.05, 4.69) is 38.0 Å². The van der Waals surface area contributed by atoms with E-state index in [4.69, 9.17) is 0 Å². The van der Waals surface area contributed by atoms with Crippen molar-refractivity contribution in [1.82, 2.24) is 9.97 Å². The molecule has 1 saturated carbocycles. The zero-order chi connectivity index (χ0) is 12.6. The van der Waals surface area contributed by atoms with Crippen LogP contribution in [-0.2, 0) is 5.41 Å². The molecule has 0 spiro atoms. The molecule has 0 aliphatic heterocycles. The molecule has 0 bridgehead atoms. The van der Waals surface area contributed by atoms with Crippen molar-refractivity contribution in [2.24, 2.45) is 0 Å². The van der Waals surface area contributed by atoms with Crippen LogP contribution in [0, 0.1) is 0 Å². The van der Waals surface area contributed by atoms with Gasteiger partial charge in [0.25, 0.3) is 0 Å². The Morgan fingerprint density at radius 2 is 2.22 bits per heavy atom. The van der Waals surface area contributed by atoms with Crippen LogP contribution in [-0.4, -0.2) is 21.7 Å². The van der Waals surface area contributed by atoms with Crippen LogP contribution in [0.2, 0.25) is 0 Å². The number of aromatic nitrogens is 2. The number of aliphatic hydroxyl groups is 1. The van der Waals surface area contributed by atoms with Gasteiger partial charge in [0.05, 0.1) is 23.9 Å². The first-order valence-corrected chi connectivity index (χ1v) is 6.95. The van der Waals surface area contributed by atoms with Crippen molar-refractivity contribution < 1.29 is 5.11 Å². The van der Waals surface area contributed by atoms with E-state index in [0.29, 0.717) is 0 Å². The topological polar surface area (TPSA) is 48.9 Å². The third kappa shape index (κ3) is 1.89. The Morgan fingerprint density at radius 1 is 1.39 bits per heavy atom. The smallest absolute Gasteiger partial charge is 0.115 e. The molecule has 2 N–H and O–H groups in total. The standard InChI is InChI=1S/C14H15BrN2O/c15-11-4-1-3-10(7-11)12-8-16-13(17-12)14(9-18)5-2-6-14/h1,3-4,7-8,18H,2,5-6,9H2,(H,16,17). The molecule has 0 saturated heterocycles. The summed E-state index contributed by atoms with van der Waals surface area (Å²) in [6.45, 7) is 0.179. The number of nitrogens with zero attached hydrogens (tertiary/aromatic N) is 1. The Bertz CT molecular complexity index is 555. The van der Waals surface area contributed by atoms with E-state index in [9.17, 15) is 5.11 Å². The number of hydrogen-bond donors (Lipinski definition) is 2. The lowest BCUT2D eigenvalue weighted by atomic mass is 9.69. The first-order valence-electron chi connectivity index (χ1n) is 6.16. The number of imidazole rings is 1. The molecule has 0 atom stereocenters. The van der Waals surface area contributed by atoms with Gasteiger partial charge in [0.15, 0.2) is 0 Å². The molecule has 0 amide bonds. The van der Waals surface area contributed by atoms with Gasteiger partial charge in [-0.1, -0.05) is 34.5 Å². The molecule has 94 valence electrons. The zero-order valence-electron chi connectivity index (χ0n) is 9.99. The maximum atomic E-state index is 9.55. The number of nitrogens with one attached hydrogen (secondary N) is 1. The van der Waals surface area contributed by atoms with E-state index in [1.807, 2.05) is 18.3 Å². The van der Waals surface area contributed by atoms with E-state index in [-0.39, 0.29) is 12.0 Å². The summed E-state index contributed by atoms with van der Waals surface area (Å²) in [5.41, 5.74) is 1.99. The minimum Gasteiger partial charge on any atom is -0.395 e. The number of benzene rings is 1. The molecule has 2 aromatic rings. The lowest BCUT2D eigenvalue weighted by Crippen LogP contribution is -2.39. The van der Waals surface area contributed by atoms with Gasteiger partial charge in [0.1, 0.15) is 5.82 Å². The van der Waals surface area contributed by atoms with Gasteiger partial charge in [0.2, 0.25) is 0 Å². The Labute approximate surface area is 114 Å². The van der Waals surface area contributed by atoms with Crippen molar-refractivity contribution in [2.75, 3.05) is 6.61 Å². The molecule has 1 aliphatic carbocycles. The number of rotatable bonds is 3. The third-order valence-corrected chi connectivity index (χ3v) is 4.32. The summed E-state index contributed by atoms with van der Waals surface area (Å²) in [6.07, 6.45) is 5.07. The van der Waals surface area contributed by atoms with Crippen molar-refractivity contribution in [1.29, 1.82) is 0 Å². The highest BCUT2D eigenvalue weighted by Gasteiger charge is 2.40. The van der Waals surface area contributed by atoms with E-state index in [1.54, 1.807) is 0 Å². The maximum absolute atomic E-state index is 9.55. The molecule has 4 heteroatoms. The Morgan fingerprint density at radius 3 is 2.83 bits per heavy atom. The molecule has 1 aliphatic rings. The molecule has 1 aromatic heterocycles. The van der Waals surface area contributed by atoms with Crippen LogP contribution >= 0.6 is 15.9 Å². The summed E-state index contributed by atoms with van der Waals surface area (Å²) in [5, 5.41) is 9.55. The average molecular weight is 307 g/mol. The fourth-order valence-corrected chi connectivity index (χ4v) is 2.87. The van der Waals surface area contributed by atoms with Crippen LogP contribution in [0.25, 0.3) is 11.3 Å². The predicted molar refractivity (Wildman–Crippen MR) is 74.3 cm³/mol. The second-order valence-electron chi connectivity index (χ2n) is 4.95. The summed E-state index contributed by atoms with van der Waals surface area (Å²) in [4.78, 5) is 7.81. The van der Waals surface area contributed by atoms with Crippen LogP contribution in [0.3, 0.4) is 0 Å². The van der Waals surface area contributed by atoms with Crippen LogP contribution in [0.1, 0.15) is 25.1 Å². The lowest BCUT2D eigenvalue weighted by molar-refractivity contribution is 0.113. The number of aliphatic hydroxyl groups excluding tert-OH is 1. The molecular formula is C14H15BrN2O. The van der Waals surface area contributed by atoms with Gasteiger partial charge in [-0.25, -0.2) is 4.98 Å². The lowest BCUT2D eigenvalue weighted by Gasteiger charge is -2.38. The summed E-state index contributed by atoms with van der Waals surface area (Å²) < 4.78 is 1.05. The van der Waals surface area contributed by atoms with E-state index in [0.717, 1.165) is 34.4 Å². The molecular weight excluding hydrogens is 292 g/mol. The summed E-state index contributed by atoms with van der Waals surface area (Å²) in [6, 6.07) is 8.12. The quantitative estimate of drug-likeness (QED) is 0.914. The SMILES string of the molecule is OCC1(c2ncc(-c3cccc(Br)c3)[nH]2)CCC1. The van der Waals surface area contributed by atoms with Gasteiger partial charge in [0, 0.05) is 10.0 Å². The minimum absolute atomic E-state index is 0.121. The fourth-order valence-electron chi connectivity index (χ4n) is 2.47. The van der Waals surface area contributed by atoms with Gasteiger partial charge < -0.3 is 10.1 Å². The molecule has 1 heterocycles. The Balaban J connectivity index is 1.94. The van der Waals surface area contributed by atoms with E-state index in [1.165, 1.54) is 6.42 Å². The maximum Gasteiger partial charge on any atom is 0.115 e. The van der Waals surface area contributed by atoms with E-state index < -0.39 is 0 Å². The normalized spacial score (nSPS) is 17.4. The first-order chi connectivity index (χ1) is 8.73. The number of aromatic amines is 1. The number of halogens is 1. The van der Waals surface area contributed by atoms with Crippen molar-refractivity contribution in [3.8, 4) is 11.3 Å². The second-order valence-corrected chi connectivity index (χ2v) is 5.86. The summed E-state index contributed by atoms with van der Waals surface area (Å²) in [7, 11) is 0. The zero-order valence-corrected chi connectivity index (χ0v) is 11.6. The molecule has 0 unspecified atom stereocenters. The van der Waals surface area contributed by atoms with Gasteiger partial charge in [-0.3, -0.25) is 0 Å². The minimum atomic E-state index is -0.121. The van der Waals surface area contributed by atoms with Crippen molar-refractivity contribution in [3.63, 3.8) is 0 Å². The van der Waals surface area contributed by atoms with E-state index >= 15 is 0 Å². The highest BCUT2D eigenvalue weighted by molar-refractivity contribution is 9.10. The van der Waals surface area contributed by atoms with Gasteiger partial charge in [-0.2, -0.15) is 0 Å². The van der Waals surface area contributed by atoms with Gasteiger partial charge in [-0.15, -0.1) is 0 Å². The first kappa shape index (κ1) is 11.9. The fraction of sp³-hybridized carbons (Fsp3) is 0.357. The third-order valence-electron chi connectivity index (χ3n) is 3.83. The Kier molecular flexibility index (Phi) is 2.99. The van der Waals surface area contributed by atoms with Crippen molar-refractivity contribution in [2.45, 2.75) is 24.7 Å². The molecule has 1 aromatic carbocycles.